The number of hydrogen-bond donors (Lipinski definition) is 1. The van der Waals surface area contributed by atoms with E-state index in [1.54, 1.807) is 55.6 Å². The smallest absolute Gasteiger partial charge is 0.246 e. The van der Waals surface area contributed by atoms with Crippen LogP contribution < -0.4 is 10.1 Å². The molecule has 168 valence electrons. The third-order valence-electron chi connectivity index (χ3n) is 4.73. The number of methoxy groups -OCH3 is 1. The molecule has 1 amide bonds. The SMILES string of the molecule is COc1ccc(CNC(=O)CN(Cc2ccccc2Cl)S(=O)(=O)c2ccccc2F)cc1. The predicted octanol–water partition coefficient (Wildman–Crippen LogP) is 4.00. The lowest BCUT2D eigenvalue weighted by molar-refractivity contribution is -0.121. The van der Waals surface area contributed by atoms with Gasteiger partial charge in [-0.2, -0.15) is 4.31 Å². The summed E-state index contributed by atoms with van der Waals surface area (Å²) in [6.45, 7) is -0.493. The van der Waals surface area contributed by atoms with E-state index in [9.17, 15) is 17.6 Å². The third kappa shape index (κ3) is 5.85. The zero-order valence-corrected chi connectivity index (χ0v) is 18.9. The molecule has 3 aromatic rings. The minimum atomic E-state index is -4.31. The van der Waals surface area contributed by atoms with Gasteiger partial charge in [-0.05, 0) is 41.5 Å². The molecule has 32 heavy (non-hydrogen) atoms. The number of sulfonamides is 1. The number of ether oxygens (including phenoxy) is 1. The van der Waals surface area contributed by atoms with Crippen LogP contribution in [-0.4, -0.2) is 32.3 Å². The van der Waals surface area contributed by atoms with E-state index < -0.39 is 33.2 Å². The van der Waals surface area contributed by atoms with Gasteiger partial charge in [0, 0.05) is 18.1 Å². The van der Waals surface area contributed by atoms with Crippen LogP contribution >= 0.6 is 11.6 Å². The quantitative estimate of drug-likeness (QED) is 0.506. The molecule has 3 aromatic carbocycles. The lowest BCUT2D eigenvalue weighted by Gasteiger charge is -2.22. The highest BCUT2D eigenvalue weighted by Crippen LogP contribution is 2.24. The summed E-state index contributed by atoms with van der Waals surface area (Å²) in [5.74, 6) is -0.745. The number of nitrogens with zero attached hydrogens (tertiary/aromatic N) is 1. The summed E-state index contributed by atoms with van der Waals surface area (Å²) in [5.41, 5.74) is 1.31. The Labute approximate surface area is 191 Å². The molecule has 3 rings (SSSR count). The molecule has 0 saturated carbocycles. The first-order valence-corrected chi connectivity index (χ1v) is 11.5. The van der Waals surface area contributed by atoms with E-state index >= 15 is 0 Å². The molecule has 0 aliphatic carbocycles. The van der Waals surface area contributed by atoms with Crippen LogP contribution in [0, 0.1) is 5.82 Å². The maximum Gasteiger partial charge on any atom is 0.246 e. The monoisotopic (exact) mass is 476 g/mol. The Bertz CT molecular complexity index is 1190. The predicted molar refractivity (Wildman–Crippen MR) is 120 cm³/mol. The molecule has 0 unspecified atom stereocenters. The van der Waals surface area contributed by atoms with Gasteiger partial charge in [-0.25, -0.2) is 12.8 Å². The highest BCUT2D eigenvalue weighted by molar-refractivity contribution is 7.89. The fraction of sp³-hybridized carbons (Fsp3) is 0.174. The van der Waals surface area contributed by atoms with Crippen molar-refractivity contribution in [2.24, 2.45) is 0 Å². The summed E-state index contributed by atoms with van der Waals surface area (Å²) in [4.78, 5) is 12.1. The van der Waals surface area contributed by atoms with Crippen LogP contribution in [0.4, 0.5) is 4.39 Å². The van der Waals surface area contributed by atoms with Gasteiger partial charge in [0.05, 0.1) is 13.7 Å². The Morgan fingerprint density at radius 3 is 2.34 bits per heavy atom. The van der Waals surface area contributed by atoms with Gasteiger partial charge in [0.25, 0.3) is 0 Å². The summed E-state index contributed by atoms with van der Waals surface area (Å²) in [6, 6.07) is 18.8. The second-order valence-corrected chi connectivity index (χ2v) is 9.23. The number of rotatable bonds is 9. The Morgan fingerprint density at radius 1 is 1.03 bits per heavy atom. The van der Waals surface area contributed by atoms with E-state index in [1.807, 2.05) is 0 Å². The highest BCUT2D eigenvalue weighted by Gasteiger charge is 2.29. The fourth-order valence-electron chi connectivity index (χ4n) is 3.00. The summed E-state index contributed by atoms with van der Waals surface area (Å²) in [7, 11) is -2.76. The van der Waals surface area contributed by atoms with Crippen LogP contribution in [0.3, 0.4) is 0 Å². The molecule has 9 heteroatoms. The molecule has 6 nitrogen and oxygen atoms in total. The van der Waals surface area contributed by atoms with Gasteiger partial charge in [-0.15, -0.1) is 0 Å². The number of benzene rings is 3. The summed E-state index contributed by atoms with van der Waals surface area (Å²) in [6.07, 6.45) is 0. The average Bonchev–Trinajstić information content (AvgIpc) is 2.79. The second-order valence-electron chi connectivity index (χ2n) is 6.92. The molecule has 0 saturated heterocycles. The maximum absolute atomic E-state index is 14.3. The first-order chi connectivity index (χ1) is 15.3. The van der Waals surface area contributed by atoms with Crippen molar-refractivity contribution in [1.82, 2.24) is 9.62 Å². The van der Waals surface area contributed by atoms with Crippen LogP contribution in [0.25, 0.3) is 0 Å². The Kier molecular flexibility index (Phi) is 7.84. The van der Waals surface area contributed by atoms with Crippen molar-refractivity contribution in [3.05, 3.63) is 94.8 Å². The Morgan fingerprint density at radius 2 is 1.69 bits per heavy atom. The fourth-order valence-corrected chi connectivity index (χ4v) is 4.63. The first-order valence-electron chi connectivity index (χ1n) is 9.69. The summed E-state index contributed by atoms with van der Waals surface area (Å²) in [5, 5.41) is 3.04. The van der Waals surface area contributed by atoms with E-state index in [1.165, 1.54) is 18.2 Å². The van der Waals surface area contributed by atoms with Gasteiger partial charge < -0.3 is 10.1 Å². The molecule has 0 bridgehead atoms. The first kappa shape index (κ1) is 23.7. The van der Waals surface area contributed by atoms with E-state index in [0.29, 0.717) is 16.3 Å². The molecule has 0 spiro atoms. The van der Waals surface area contributed by atoms with Crippen molar-refractivity contribution >= 4 is 27.5 Å². The van der Waals surface area contributed by atoms with Crippen LogP contribution in [-0.2, 0) is 27.9 Å². The number of carbonyl (C=O) groups excluding carboxylic acids is 1. The van der Waals surface area contributed by atoms with Crippen molar-refractivity contribution in [2.75, 3.05) is 13.7 Å². The molecule has 0 fully saturated rings. The third-order valence-corrected chi connectivity index (χ3v) is 6.92. The number of halogens is 2. The molecule has 0 radical (unpaired) electrons. The van der Waals surface area contributed by atoms with Crippen molar-refractivity contribution in [2.45, 2.75) is 18.0 Å². The van der Waals surface area contributed by atoms with Crippen LogP contribution in [0.5, 0.6) is 5.75 Å². The Balaban J connectivity index is 1.81. The van der Waals surface area contributed by atoms with Crippen LogP contribution in [0.1, 0.15) is 11.1 Å². The molecule has 0 atom stereocenters. The van der Waals surface area contributed by atoms with Crippen molar-refractivity contribution < 1.29 is 22.3 Å². The standard InChI is InChI=1S/C23H22ClFN2O4S/c1-31-19-12-10-17(11-13-19)14-26-23(28)16-27(15-18-6-2-3-7-20(18)24)32(29,30)22-9-5-4-8-21(22)25/h2-13H,14-16H2,1H3,(H,26,28). The van der Waals surface area contributed by atoms with E-state index in [-0.39, 0.29) is 13.1 Å². The van der Waals surface area contributed by atoms with Crippen molar-refractivity contribution in [1.29, 1.82) is 0 Å². The molecule has 1 N–H and O–H groups in total. The van der Waals surface area contributed by atoms with Gasteiger partial charge in [0.2, 0.25) is 15.9 Å². The number of hydrogen-bond acceptors (Lipinski definition) is 4. The van der Waals surface area contributed by atoms with Gasteiger partial charge in [-0.1, -0.05) is 54.1 Å². The topological polar surface area (TPSA) is 75.7 Å². The normalized spacial score (nSPS) is 11.4. The van der Waals surface area contributed by atoms with Crippen molar-refractivity contribution in [3.63, 3.8) is 0 Å². The minimum absolute atomic E-state index is 0.188. The number of nitrogens with one attached hydrogen (secondary N) is 1. The minimum Gasteiger partial charge on any atom is -0.497 e. The number of amides is 1. The highest BCUT2D eigenvalue weighted by atomic mass is 35.5. The van der Waals surface area contributed by atoms with Crippen molar-refractivity contribution in [3.8, 4) is 5.75 Å². The number of carbonyl (C=O) groups is 1. The van der Waals surface area contributed by atoms with Crippen LogP contribution in [0.15, 0.2) is 77.7 Å². The molecule has 0 aliphatic rings. The maximum atomic E-state index is 14.3. The second kappa shape index (κ2) is 10.6. The van der Waals surface area contributed by atoms with Crippen LogP contribution in [0.2, 0.25) is 5.02 Å². The van der Waals surface area contributed by atoms with Gasteiger partial charge in [0.15, 0.2) is 0 Å². The average molecular weight is 477 g/mol. The molecule has 0 aromatic heterocycles. The zero-order chi connectivity index (χ0) is 23.1. The largest absolute Gasteiger partial charge is 0.497 e. The van der Waals surface area contributed by atoms with E-state index in [4.69, 9.17) is 16.3 Å². The molecular formula is C23H22ClFN2O4S. The lowest BCUT2D eigenvalue weighted by atomic mass is 10.2. The van der Waals surface area contributed by atoms with Gasteiger partial charge >= 0.3 is 0 Å². The zero-order valence-electron chi connectivity index (χ0n) is 17.3. The molecule has 0 heterocycles. The Hall–Kier alpha value is -2.94. The van der Waals surface area contributed by atoms with E-state index in [2.05, 4.69) is 5.32 Å². The molecular weight excluding hydrogens is 455 g/mol. The van der Waals surface area contributed by atoms with Gasteiger partial charge in [-0.3, -0.25) is 4.79 Å². The summed E-state index contributed by atoms with van der Waals surface area (Å²) < 4.78 is 46.7. The van der Waals surface area contributed by atoms with Gasteiger partial charge in [0.1, 0.15) is 16.5 Å². The summed E-state index contributed by atoms with van der Waals surface area (Å²) >= 11 is 6.19. The molecule has 0 aliphatic heterocycles. The lowest BCUT2D eigenvalue weighted by Crippen LogP contribution is -2.40. The van der Waals surface area contributed by atoms with E-state index in [0.717, 1.165) is 15.9 Å².